The molecule has 1 heterocycles. The molecule has 0 fully saturated rings. The van der Waals surface area contributed by atoms with Crippen LogP contribution in [0, 0.1) is 0 Å². The molecule has 0 saturated heterocycles. The van der Waals surface area contributed by atoms with Crippen LogP contribution < -0.4 is 11.1 Å². The zero-order chi connectivity index (χ0) is 10.8. The van der Waals surface area contributed by atoms with Gasteiger partial charge in [0.15, 0.2) is 0 Å². The summed E-state index contributed by atoms with van der Waals surface area (Å²) < 4.78 is 1.04. The zero-order valence-corrected chi connectivity index (χ0v) is 10.4. The fraction of sp³-hybridized carbons (Fsp3) is 0.222. The van der Waals surface area contributed by atoms with Gasteiger partial charge in [-0.1, -0.05) is 27.5 Å². The van der Waals surface area contributed by atoms with Crippen LogP contribution in [-0.4, -0.2) is 10.8 Å². The quantitative estimate of drug-likeness (QED) is 0.877. The Labute approximate surface area is 101 Å². The van der Waals surface area contributed by atoms with Gasteiger partial charge in [0.25, 0.3) is 0 Å². The fourth-order valence-corrected chi connectivity index (χ4v) is 1.86. The summed E-state index contributed by atoms with van der Waals surface area (Å²) >= 11 is 9.42. The van der Waals surface area contributed by atoms with Crippen molar-refractivity contribution in [2.75, 3.05) is 0 Å². The molecule has 0 aromatic heterocycles. The highest BCUT2D eigenvalue weighted by atomic mass is 79.9. The molecule has 0 amide bonds. The number of halogens is 2. The number of hydrazine groups is 2. The molecular weight excluding hydrogens is 279 g/mol. The number of benzene rings is 1. The molecule has 0 atom stereocenters. The van der Waals surface area contributed by atoms with E-state index < -0.39 is 0 Å². The summed E-state index contributed by atoms with van der Waals surface area (Å²) in [6.07, 6.45) is 0. The van der Waals surface area contributed by atoms with Crippen molar-refractivity contribution in [1.29, 1.82) is 0 Å². The Morgan fingerprint density at radius 1 is 1.53 bits per heavy atom. The van der Waals surface area contributed by atoms with Crippen molar-refractivity contribution in [2.45, 2.75) is 13.5 Å². The van der Waals surface area contributed by atoms with E-state index >= 15 is 0 Å². The Hall–Kier alpha value is -0.780. The summed E-state index contributed by atoms with van der Waals surface area (Å²) in [5.41, 5.74) is 6.71. The summed E-state index contributed by atoms with van der Waals surface area (Å²) in [4.78, 5) is 0. The van der Waals surface area contributed by atoms with Crippen LogP contribution in [0.25, 0.3) is 0 Å². The number of rotatable bonds is 2. The topological polar surface area (TPSA) is 39.7 Å². The van der Waals surface area contributed by atoms with Crippen molar-refractivity contribution >= 4 is 33.4 Å². The number of hydrazone groups is 1. The monoisotopic (exact) mass is 288 g/mol. The summed E-state index contributed by atoms with van der Waals surface area (Å²) in [6.45, 7) is 2.62. The maximum Gasteiger partial charge on any atom is 0.139 e. The Kier molecular flexibility index (Phi) is 3.14. The van der Waals surface area contributed by atoms with E-state index in [1.807, 2.05) is 30.1 Å². The van der Waals surface area contributed by atoms with Crippen LogP contribution in [-0.2, 0) is 6.54 Å². The molecule has 0 radical (unpaired) electrons. The summed E-state index contributed by atoms with van der Waals surface area (Å²) in [5.74, 6) is 0.891. The molecule has 0 aliphatic carbocycles. The third-order valence-electron chi connectivity index (χ3n) is 2.13. The summed E-state index contributed by atoms with van der Waals surface area (Å²) in [5, 5.41) is 6.63. The van der Waals surface area contributed by atoms with E-state index in [2.05, 4.69) is 32.1 Å². The number of hydrogen-bond acceptors (Lipinski definition) is 4. The van der Waals surface area contributed by atoms with E-state index in [9.17, 15) is 0 Å². The Morgan fingerprint density at radius 2 is 2.33 bits per heavy atom. The molecule has 4 nitrogen and oxygen atoms in total. The van der Waals surface area contributed by atoms with Gasteiger partial charge in [-0.25, -0.2) is 5.53 Å². The van der Waals surface area contributed by atoms with Crippen LogP contribution in [0.5, 0.6) is 0 Å². The van der Waals surface area contributed by atoms with E-state index in [1.54, 1.807) is 0 Å². The van der Waals surface area contributed by atoms with Crippen LogP contribution in [0.15, 0.2) is 27.8 Å². The second-order valence-corrected chi connectivity index (χ2v) is 4.50. The highest BCUT2D eigenvalue weighted by Crippen LogP contribution is 2.22. The molecule has 1 aromatic carbocycles. The van der Waals surface area contributed by atoms with Gasteiger partial charge in [-0.2, -0.15) is 0 Å². The molecule has 1 aromatic rings. The third kappa shape index (κ3) is 2.42. The molecule has 0 unspecified atom stereocenters. The normalized spacial score (nSPS) is 15.1. The number of hydrogen-bond donors (Lipinski definition) is 2. The van der Waals surface area contributed by atoms with Gasteiger partial charge >= 0.3 is 0 Å². The average Bonchev–Trinajstić information content (AvgIpc) is 2.58. The van der Waals surface area contributed by atoms with Crippen molar-refractivity contribution in [3.8, 4) is 0 Å². The van der Waals surface area contributed by atoms with Gasteiger partial charge in [0.2, 0.25) is 0 Å². The van der Waals surface area contributed by atoms with Crippen molar-refractivity contribution in [3.63, 3.8) is 0 Å². The number of amidine groups is 1. The largest absolute Gasteiger partial charge is 0.271 e. The van der Waals surface area contributed by atoms with Gasteiger partial charge in [-0.3, -0.25) is 5.01 Å². The minimum Gasteiger partial charge on any atom is -0.271 e. The van der Waals surface area contributed by atoms with E-state index in [0.29, 0.717) is 6.54 Å². The minimum absolute atomic E-state index is 0.698. The molecule has 2 N–H and O–H groups in total. The van der Waals surface area contributed by atoms with Crippen LogP contribution in [0.1, 0.15) is 12.5 Å². The molecule has 80 valence electrons. The predicted octanol–water partition coefficient (Wildman–Crippen LogP) is 2.26. The molecule has 1 aliphatic heterocycles. The summed E-state index contributed by atoms with van der Waals surface area (Å²) in [7, 11) is 0. The van der Waals surface area contributed by atoms with Crippen molar-refractivity contribution < 1.29 is 0 Å². The zero-order valence-electron chi connectivity index (χ0n) is 8.09. The second kappa shape index (κ2) is 4.38. The molecule has 15 heavy (non-hydrogen) atoms. The Balaban J connectivity index is 2.17. The lowest BCUT2D eigenvalue weighted by Crippen LogP contribution is -2.39. The highest BCUT2D eigenvalue weighted by molar-refractivity contribution is 9.10. The van der Waals surface area contributed by atoms with Gasteiger partial charge in [0, 0.05) is 9.50 Å². The molecule has 2 rings (SSSR count). The van der Waals surface area contributed by atoms with Gasteiger partial charge in [-0.05, 0) is 30.7 Å². The van der Waals surface area contributed by atoms with Crippen LogP contribution in [0.3, 0.4) is 0 Å². The Morgan fingerprint density at radius 3 is 3.00 bits per heavy atom. The van der Waals surface area contributed by atoms with Gasteiger partial charge in [0.05, 0.1) is 6.54 Å². The maximum absolute atomic E-state index is 5.93. The fourth-order valence-electron chi connectivity index (χ4n) is 1.30. The van der Waals surface area contributed by atoms with Crippen molar-refractivity contribution in [3.05, 3.63) is 33.3 Å². The smallest absolute Gasteiger partial charge is 0.139 e. The molecule has 0 saturated carbocycles. The molecular formula is C9H10BrClN4. The summed E-state index contributed by atoms with van der Waals surface area (Å²) in [6, 6.07) is 5.72. The first kappa shape index (κ1) is 10.7. The van der Waals surface area contributed by atoms with Crippen molar-refractivity contribution in [1.82, 2.24) is 16.1 Å². The molecule has 1 aliphatic rings. The van der Waals surface area contributed by atoms with Crippen molar-refractivity contribution in [2.24, 2.45) is 5.10 Å². The first-order chi connectivity index (χ1) is 7.16. The molecule has 0 bridgehead atoms. The van der Waals surface area contributed by atoms with Crippen LogP contribution >= 0.6 is 27.5 Å². The third-order valence-corrected chi connectivity index (χ3v) is 3.14. The minimum atomic E-state index is 0.698. The van der Waals surface area contributed by atoms with Gasteiger partial charge < -0.3 is 0 Å². The Bertz CT molecular complexity index is 407. The van der Waals surface area contributed by atoms with E-state index in [4.69, 9.17) is 11.6 Å². The highest BCUT2D eigenvalue weighted by Gasteiger charge is 2.13. The SMILES string of the molecule is CC1=NNNN1Cc1cc(Cl)ccc1Br. The van der Waals surface area contributed by atoms with Gasteiger partial charge in [0.1, 0.15) is 5.84 Å². The first-order valence-corrected chi connectivity index (χ1v) is 5.60. The number of nitrogens with zero attached hydrogens (tertiary/aromatic N) is 2. The van der Waals surface area contributed by atoms with E-state index in [-0.39, 0.29) is 0 Å². The van der Waals surface area contributed by atoms with Gasteiger partial charge in [-0.15, -0.1) is 10.6 Å². The maximum atomic E-state index is 5.93. The van der Waals surface area contributed by atoms with E-state index in [1.165, 1.54) is 0 Å². The standard InChI is InChI=1S/C9H10BrClN4/c1-6-12-13-14-15(6)5-7-4-8(11)2-3-9(7)10/h2-4,13-14H,5H2,1H3. The lowest BCUT2D eigenvalue weighted by molar-refractivity contribution is 0.286. The lowest BCUT2D eigenvalue weighted by Gasteiger charge is -2.17. The molecule has 6 heteroatoms. The number of nitrogens with one attached hydrogen (secondary N) is 2. The molecule has 0 spiro atoms. The lowest BCUT2D eigenvalue weighted by atomic mass is 10.2. The first-order valence-electron chi connectivity index (χ1n) is 4.43. The van der Waals surface area contributed by atoms with Crippen LogP contribution in [0.4, 0.5) is 0 Å². The predicted molar refractivity (Wildman–Crippen MR) is 64.1 cm³/mol. The van der Waals surface area contributed by atoms with E-state index in [0.717, 1.165) is 20.9 Å². The second-order valence-electron chi connectivity index (χ2n) is 3.20. The van der Waals surface area contributed by atoms with Crippen LogP contribution in [0.2, 0.25) is 5.02 Å². The average molecular weight is 290 g/mol.